The Labute approximate surface area is 176 Å². The van der Waals surface area contributed by atoms with Gasteiger partial charge in [-0.05, 0) is 0 Å². The molecule has 122 valence electrons. The molecule has 0 fully saturated rings. The van der Waals surface area contributed by atoms with Gasteiger partial charge in [0.05, 0.1) is 0 Å². The fourth-order valence-electron chi connectivity index (χ4n) is 2.65. The standard InChI is InChI=1S/C20H12Se5/c1-3-13(21-11-1)15-5-7-17(23-15)19-9-10-20(25-19)18-8-6-16(24-18)14-4-2-12-22-14/h1-12H. The molecule has 0 spiro atoms. The van der Waals surface area contributed by atoms with E-state index in [1.165, 1.54) is 0 Å². The molecule has 0 bridgehead atoms. The Morgan fingerprint density at radius 3 is 0.960 bits per heavy atom. The van der Waals surface area contributed by atoms with E-state index in [0.29, 0.717) is 72.5 Å². The Morgan fingerprint density at radius 1 is 0.360 bits per heavy atom. The third-order valence-corrected chi connectivity index (χ3v) is 17.5. The zero-order valence-electron chi connectivity index (χ0n) is 13.0. The van der Waals surface area contributed by atoms with Gasteiger partial charge in [0.1, 0.15) is 0 Å². The minimum absolute atomic E-state index is 0.495. The second kappa shape index (κ2) is 7.55. The van der Waals surface area contributed by atoms with E-state index >= 15 is 0 Å². The van der Waals surface area contributed by atoms with Gasteiger partial charge in [0.25, 0.3) is 0 Å². The summed E-state index contributed by atoms with van der Waals surface area (Å²) in [5.41, 5.74) is 0. The van der Waals surface area contributed by atoms with Crippen LogP contribution in [0, 0.1) is 0 Å². The molecule has 0 aromatic carbocycles. The van der Waals surface area contributed by atoms with Gasteiger partial charge < -0.3 is 0 Å². The normalized spacial score (nSPS) is 11.2. The summed E-state index contributed by atoms with van der Waals surface area (Å²) in [7, 11) is 0. The first-order valence-electron chi connectivity index (χ1n) is 7.75. The minimum atomic E-state index is 0.495. The molecule has 5 rings (SSSR count). The van der Waals surface area contributed by atoms with E-state index in [1.807, 2.05) is 0 Å². The van der Waals surface area contributed by atoms with Crippen LogP contribution in [0.5, 0.6) is 0 Å². The predicted octanol–water partition coefficient (Wildman–Crippen LogP) is 3.64. The molecule has 0 aliphatic heterocycles. The summed E-state index contributed by atoms with van der Waals surface area (Å²) in [6.45, 7) is 0. The van der Waals surface area contributed by atoms with Gasteiger partial charge >= 0.3 is 179 Å². The van der Waals surface area contributed by atoms with E-state index in [0.717, 1.165) is 0 Å². The summed E-state index contributed by atoms with van der Waals surface area (Å²) in [5.74, 6) is 0. The second-order valence-electron chi connectivity index (χ2n) is 5.45. The van der Waals surface area contributed by atoms with Crippen molar-refractivity contribution in [1.82, 2.24) is 0 Å². The zero-order valence-corrected chi connectivity index (χ0v) is 21.5. The molecule has 0 aliphatic rings. The molecular weight excluding hydrogens is 635 g/mol. The summed E-state index contributed by atoms with van der Waals surface area (Å²) in [5, 5.41) is 0. The third-order valence-electron chi connectivity index (χ3n) is 3.83. The average Bonchev–Trinajstić information content (AvgIpc) is 3.48. The van der Waals surface area contributed by atoms with E-state index < -0.39 is 0 Å². The summed E-state index contributed by atoms with van der Waals surface area (Å²) in [6, 6.07) is 23.4. The van der Waals surface area contributed by atoms with Gasteiger partial charge in [0.2, 0.25) is 0 Å². The van der Waals surface area contributed by atoms with E-state index in [9.17, 15) is 0 Å². The SMILES string of the molecule is c1c[se]c(-c2ccc(-c3ccc(-c4ccc(-c5ccc[se]5)[se]4)[se]3)[se]2)c1. The first-order valence-corrected chi connectivity index (χ1v) is 16.6. The molecule has 0 aliphatic carbocycles. The van der Waals surface area contributed by atoms with Crippen LogP contribution >= 0.6 is 0 Å². The van der Waals surface area contributed by atoms with Crippen molar-refractivity contribution in [2.45, 2.75) is 0 Å². The molecular formula is C20H12Se5. The maximum absolute atomic E-state index is 2.40. The van der Waals surface area contributed by atoms with Crippen molar-refractivity contribution in [2.75, 3.05) is 0 Å². The summed E-state index contributed by atoms with van der Waals surface area (Å²) >= 11 is 2.66. The molecule has 5 aromatic rings. The summed E-state index contributed by atoms with van der Waals surface area (Å²) in [4.78, 5) is 4.65. The van der Waals surface area contributed by atoms with E-state index in [4.69, 9.17) is 0 Å². The van der Waals surface area contributed by atoms with Crippen molar-refractivity contribution in [3.8, 4) is 35.5 Å². The Morgan fingerprint density at radius 2 is 0.680 bits per heavy atom. The van der Waals surface area contributed by atoms with Crippen LogP contribution in [0.4, 0.5) is 0 Å². The molecule has 5 heteroatoms. The summed E-state index contributed by atoms with van der Waals surface area (Å²) < 4.78 is 12.9. The first-order chi connectivity index (χ1) is 12.4. The Kier molecular flexibility index (Phi) is 5.17. The Balaban J connectivity index is 1.44. The van der Waals surface area contributed by atoms with E-state index in [-0.39, 0.29) is 0 Å². The van der Waals surface area contributed by atoms with Crippen molar-refractivity contribution in [1.29, 1.82) is 0 Å². The van der Waals surface area contributed by atoms with Crippen LogP contribution in [0.2, 0.25) is 0 Å². The van der Waals surface area contributed by atoms with Gasteiger partial charge in [-0.1, -0.05) is 0 Å². The van der Waals surface area contributed by atoms with Gasteiger partial charge in [0, 0.05) is 0 Å². The molecule has 0 saturated carbocycles. The predicted molar refractivity (Wildman–Crippen MR) is 113 cm³/mol. The van der Waals surface area contributed by atoms with Crippen molar-refractivity contribution < 1.29 is 0 Å². The molecule has 5 heterocycles. The van der Waals surface area contributed by atoms with Crippen LogP contribution in [0.1, 0.15) is 0 Å². The van der Waals surface area contributed by atoms with E-state index in [1.54, 1.807) is 35.5 Å². The quantitative estimate of drug-likeness (QED) is 0.262. The van der Waals surface area contributed by atoms with Crippen LogP contribution in [0.15, 0.2) is 70.5 Å². The van der Waals surface area contributed by atoms with Crippen molar-refractivity contribution in [3.05, 3.63) is 70.5 Å². The molecule has 25 heavy (non-hydrogen) atoms. The van der Waals surface area contributed by atoms with Gasteiger partial charge in [-0.2, -0.15) is 0 Å². The number of rotatable bonds is 4. The molecule has 0 amide bonds. The van der Waals surface area contributed by atoms with Crippen LogP contribution in [-0.2, 0) is 0 Å². The van der Waals surface area contributed by atoms with Gasteiger partial charge in [0.15, 0.2) is 0 Å². The number of hydrogen-bond acceptors (Lipinski definition) is 0. The average molecular weight is 647 g/mol. The fourth-order valence-corrected chi connectivity index (χ4v) is 14.5. The monoisotopic (exact) mass is 652 g/mol. The van der Waals surface area contributed by atoms with E-state index in [2.05, 4.69) is 70.5 Å². The Hall–Kier alpha value is -0.00260. The van der Waals surface area contributed by atoms with Gasteiger partial charge in [-0.15, -0.1) is 0 Å². The fraction of sp³-hybridized carbons (Fsp3) is 0. The van der Waals surface area contributed by atoms with Crippen LogP contribution < -0.4 is 0 Å². The maximum atomic E-state index is 2.40. The van der Waals surface area contributed by atoms with Crippen molar-refractivity contribution in [3.63, 3.8) is 0 Å². The second-order valence-corrected chi connectivity index (χ2v) is 16.2. The molecule has 5 aromatic heterocycles. The first kappa shape index (κ1) is 17.1. The molecule has 0 nitrogen and oxygen atoms in total. The number of hydrogen-bond donors (Lipinski definition) is 0. The van der Waals surface area contributed by atoms with Crippen LogP contribution in [0.3, 0.4) is 0 Å². The summed E-state index contributed by atoms with van der Waals surface area (Å²) in [6.07, 6.45) is 0. The zero-order chi connectivity index (χ0) is 16.6. The Bertz CT molecular complexity index is 1000. The molecule has 0 saturated heterocycles. The molecule has 0 radical (unpaired) electrons. The van der Waals surface area contributed by atoms with Gasteiger partial charge in [-0.3, -0.25) is 0 Å². The van der Waals surface area contributed by atoms with Crippen molar-refractivity contribution >= 4 is 72.5 Å². The third kappa shape index (κ3) is 3.57. The molecule has 0 unspecified atom stereocenters. The molecule has 0 atom stereocenters. The van der Waals surface area contributed by atoms with Crippen LogP contribution in [-0.4, -0.2) is 72.5 Å². The van der Waals surface area contributed by atoms with Crippen LogP contribution in [0.25, 0.3) is 35.5 Å². The topological polar surface area (TPSA) is 0 Å². The van der Waals surface area contributed by atoms with Gasteiger partial charge in [-0.25, -0.2) is 0 Å². The van der Waals surface area contributed by atoms with Crippen molar-refractivity contribution in [2.24, 2.45) is 0 Å². The molecule has 0 N–H and O–H groups in total.